The molecule has 0 bridgehead atoms. The molecule has 2 heterocycles. The number of nitrogens with zero attached hydrogens (tertiary/aromatic N) is 2. The molecular formula is C18H19N3O3S. The Balaban J connectivity index is 1.61. The molecule has 0 aliphatic carbocycles. The molecular weight excluding hydrogens is 338 g/mol. The average molecular weight is 357 g/mol. The van der Waals surface area contributed by atoms with Gasteiger partial charge in [0.1, 0.15) is 5.75 Å². The maximum absolute atomic E-state index is 12.3. The molecule has 1 aromatic carbocycles. The Bertz CT molecular complexity index is 815. The van der Waals surface area contributed by atoms with Gasteiger partial charge >= 0.3 is 6.01 Å². The minimum atomic E-state index is -0.319. The van der Waals surface area contributed by atoms with E-state index in [1.807, 2.05) is 23.6 Å². The number of unbranched alkanes of at least 4 members (excludes halogenated alkanes) is 2. The van der Waals surface area contributed by atoms with Crippen molar-refractivity contribution in [1.29, 1.82) is 0 Å². The Kier molecular flexibility index (Phi) is 5.79. The second-order valence-corrected chi connectivity index (χ2v) is 6.37. The van der Waals surface area contributed by atoms with E-state index in [0.717, 1.165) is 24.1 Å². The van der Waals surface area contributed by atoms with Gasteiger partial charge in [-0.1, -0.05) is 37.0 Å². The fourth-order valence-electron chi connectivity index (χ4n) is 2.21. The highest BCUT2D eigenvalue weighted by atomic mass is 32.1. The maximum atomic E-state index is 12.3. The standard InChI is InChI=1S/C18H19N3O3S/c1-2-3-4-10-23-14-8-5-7-13(12-14)16(22)19-18-21-20-17(24-18)15-9-6-11-25-15/h5-9,11-12H,2-4,10H2,1H3,(H,19,21,22). The SMILES string of the molecule is CCCCCOc1cccc(C(=O)Nc2nnc(-c3cccs3)o2)c1. The van der Waals surface area contributed by atoms with Crippen molar-refractivity contribution < 1.29 is 13.9 Å². The Morgan fingerprint density at radius 1 is 1.24 bits per heavy atom. The fourth-order valence-corrected chi connectivity index (χ4v) is 2.86. The summed E-state index contributed by atoms with van der Waals surface area (Å²) in [5.41, 5.74) is 0.476. The maximum Gasteiger partial charge on any atom is 0.322 e. The van der Waals surface area contributed by atoms with E-state index >= 15 is 0 Å². The van der Waals surface area contributed by atoms with Gasteiger partial charge in [-0.05, 0) is 36.1 Å². The number of aromatic nitrogens is 2. The van der Waals surface area contributed by atoms with E-state index in [-0.39, 0.29) is 11.9 Å². The number of hydrogen-bond acceptors (Lipinski definition) is 6. The molecule has 3 aromatic rings. The minimum Gasteiger partial charge on any atom is -0.494 e. The van der Waals surface area contributed by atoms with Gasteiger partial charge < -0.3 is 9.15 Å². The summed E-state index contributed by atoms with van der Waals surface area (Å²) in [4.78, 5) is 13.2. The van der Waals surface area contributed by atoms with E-state index in [0.29, 0.717) is 23.8 Å². The molecule has 0 saturated carbocycles. The molecule has 7 heteroatoms. The summed E-state index contributed by atoms with van der Waals surface area (Å²) in [5, 5.41) is 12.3. The van der Waals surface area contributed by atoms with Crippen LogP contribution in [0.1, 0.15) is 36.5 Å². The zero-order valence-corrected chi connectivity index (χ0v) is 14.7. The van der Waals surface area contributed by atoms with E-state index in [2.05, 4.69) is 22.4 Å². The number of carbonyl (C=O) groups excluding carboxylic acids is 1. The number of rotatable bonds is 8. The van der Waals surface area contributed by atoms with Gasteiger partial charge in [-0.2, -0.15) is 0 Å². The minimum absolute atomic E-state index is 0.0719. The number of nitrogens with one attached hydrogen (secondary N) is 1. The highest BCUT2D eigenvalue weighted by molar-refractivity contribution is 7.13. The lowest BCUT2D eigenvalue weighted by atomic mass is 10.2. The fraction of sp³-hybridized carbons (Fsp3) is 0.278. The van der Waals surface area contributed by atoms with Gasteiger partial charge in [0.25, 0.3) is 11.8 Å². The number of hydrogen-bond donors (Lipinski definition) is 1. The molecule has 0 spiro atoms. The van der Waals surface area contributed by atoms with Crippen molar-refractivity contribution in [2.75, 3.05) is 11.9 Å². The lowest BCUT2D eigenvalue weighted by molar-refractivity contribution is 0.102. The first-order chi connectivity index (χ1) is 12.3. The summed E-state index contributed by atoms with van der Waals surface area (Å²) in [6.45, 7) is 2.79. The summed E-state index contributed by atoms with van der Waals surface area (Å²) in [6.07, 6.45) is 3.27. The van der Waals surface area contributed by atoms with Crippen LogP contribution in [-0.4, -0.2) is 22.7 Å². The van der Waals surface area contributed by atoms with Crippen LogP contribution in [0.5, 0.6) is 5.75 Å². The number of thiophene rings is 1. The molecule has 0 aliphatic rings. The zero-order chi connectivity index (χ0) is 17.5. The number of benzene rings is 1. The smallest absolute Gasteiger partial charge is 0.322 e. The summed E-state index contributed by atoms with van der Waals surface area (Å²) in [6, 6.07) is 10.9. The molecule has 0 fully saturated rings. The van der Waals surface area contributed by atoms with Crippen LogP contribution in [0.2, 0.25) is 0 Å². The Morgan fingerprint density at radius 2 is 2.16 bits per heavy atom. The summed E-state index contributed by atoms with van der Waals surface area (Å²) in [5.74, 6) is 0.743. The van der Waals surface area contributed by atoms with E-state index in [4.69, 9.17) is 9.15 Å². The summed E-state index contributed by atoms with van der Waals surface area (Å²) < 4.78 is 11.1. The molecule has 2 aromatic heterocycles. The monoisotopic (exact) mass is 357 g/mol. The molecule has 3 rings (SSSR count). The number of anilines is 1. The number of ether oxygens (including phenoxy) is 1. The van der Waals surface area contributed by atoms with E-state index in [1.54, 1.807) is 18.2 Å². The molecule has 130 valence electrons. The van der Waals surface area contributed by atoms with Crippen LogP contribution >= 0.6 is 11.3 Å². The summed E-state index contributed by atoms with van der Waals surface area (Å²) in [7, 11) is 0. The largest absolute Gasteiger partial charge is 0.494 e. The second-order valence-electron chi connectivity index (χ2n) is 5.43. The third kappa shape index (κ3) is 4.67. The normalized spacial score (nSPS) is 10.6. The number of carbonyl (C=O) groups is 1. The van der Waals surface area contributed by atoms with Crippen molar-refractivity contribution in [1.82, 2.24) is 10.2 Å². The van der Waals surface area contributed by atoms with Gasteiger partial charge in [-0.15, -0.1) is 16.4 Å². The third-order valence-corrected chi connectivity index (χ3v) is 4.35. The van der Waals surface area contributed by atoms with Gasteiger partial charge in [0.15, 0.2) is 0 Å². The molecule has 0 aliphatic heterocycles. The van der Waals surface area contributed by atoms with Crippen molar-refractivity contribution in [3.8, 4) is 16.5 Å². The van der Waals surface area contributed by atoms with Crippen LogP contribution in [0, 0.1) is 0 Å². The van der Waals surface area contributed by atoms with E-state index < -0.39 is 0 Å². The van der Waals surface area contributed by atoms with Gasteiger partial charge in [0.2, 0.25) is 0 Å². The van der Waals surface area contributed by atoms with Crippen LogP contribution in [0.25, 0.3) is 10.8 Å². The molecule has 0 saturated heterocycles. The molecule has 1 amide bonds. The van der Waals surface area contributed by atoms with Crippen molar-refractivity contribution in [2.45, 2.75) is 26.2 Å². The van der Waals surface area contributed by atoms with Gasteiger partial charge in [-0.3, -0.25) is 10.1 Å². The first-order valence-corrected chi connectivity index (χ1v) is 9.06. The second kappa shape index (κ2) is 8.43. The van der Waals surface area contributed by atoms with Crippen LogP contribution in [0.4, 0.5) is 6.01 Å². The predicted molar refractivity (Wildman–Crippen MR) is 97.0 cm³/mol. The van der Waals surface area contributed by atoms with Crippen molar-refractivity contribution in [3.63, 3.8) is 0 Å². The molecule has 0 unspecified atom stereocenters. The molecule has 0 radical (unpaired) electrons. The van der Waals surface area contributed by atoms with Gasteiger partial charge in [0.05, 0.1) is 11.5 Å². The van der Waals surface area contributed by atoms with Crippen molar-refractivity contribution in [2.24, 2.45) is 0 Å². The highest BCUT2D eigenvalue weighted by Crippen LogP contribution is 2.24. The molecule has 25 heavy (non-hydrogen) atoms. The molecule has 6 nitrogen and oxygen atoms in total. The van der Waals surface area contributed by atoms with Crippen LogP contribution in [0.15, 0.2) is 46.2 Å². The lowest BCUT2D eigenvalue weighted by Gasteiger charge is -2.07. The van der Waals surface area contributed by atoms with Crippen LogP contribution in [0.3, 0.4) is 0 Å². The average Bonchev–Trinajstić information content (AvgIpc) is 3.30. The first-order valence-electron chi connectivity index (χ1n) is 8.18. The summed E-state index contributed by atoms with van der Waals surface area (Å²) >= 11 is 1.49. The first kappa shape index (κ1) is 17.2. The van der Waals surface area contributed by atoms with Gasteiger partial charge in [-0.25, -0.2) is 0 Å². The quantitative estimate of drug-likeness (QED) is 0.595. The van der Waals surface area contributed by atoms with Crippen LogP contribution in [-0.2, 0) is 0 Å². The third-order valence-electron chi connectivity index (χ3n) is 3.49. The Hall–Kier alpha value is -2.67. The Labute approximate surface area is 149 Å². The highest BCUT2D eigenvalue weighted by Gasteiger charge is 2.13. The zero-order valence-electron chi connectivity index (χ0n) is 13.9. The topological polar surface area (TPSA) is 77.2 Å². The Morgan fingerprint density at radius 3 is 2.96 bits per heavy atom. The van der Waals surface area contributed by atoms with Gasteiger partial charge in [0, 0.05) is 5.56 Å². The number of amides is 1. The molecule has 1 N–H and O–H groups in total. The lowest BCUT2D eigenvalue weighted by Crippen LogP contribution is -2.12. The van der Waals surface area contributed by atoms with Crippen molar-refractivity contribution >= 4 is 23.3 Å². The van der Waals surface area contributed by atoms with E-state index in [9.17, 15) is 4.79 Å². The van der Waals surface area contributed by atoms with Crippen LogP contribution < -0.4 is 10.1 Å². The predicted octanol–water partition coefficient (Wildman–Crippen LogP) is 4.62. The van der Waals surface area contributed by atoms with E-state index in [1.165, 1.54) is 11.3 Å². The molecule has 0 atom stereocenters. The van der Waals surface area contributed by atoms with Crippen molar-refractivity contribution in [3.05, 3.63) is 47.3 Å².